The number of hydrogen-bond donors (Lipinski definition) is 0. The van der Waals surface area contributed by atoms with Gasteiger partial charge in [-0.2, -0.15) is 0 Å². The highest BCUT2D eigenvalue weighted by molar-refractivity contribution is 6.53. The zero-order valence-electron chi connectivity index (χ0n) is 6.90. The van der Waals surface area contributed by atoms with E-state index in [4.69, 9.17) is 4.43 Å². The zero-order chi connectivity index (χ0) is 7.49. The first kappa shape index (κ1) is 9.18. The molecule has 2 heteroatoms. The predicted octanol–water partition coefficient (Wildman–Crippen LogP) is 1.99. The van der Waals surface area contributed by atoms with Gasteiger partial charge in [0.25, 0.3) is 0 Å². The van der Waals surface area contributed by atoms with Gasteiger partial charge in [0.2, 0.25) is 0 Å². The van der Waals surface area contributed by atoms with Gasteiger partial charge in [-0.1, -0.05) is 20.8 Å². The molecule has 0 amide bonds. The van der Waals surface area contributed by atoms with Crippen LogP contribution in [0.2, 0.25) is 11.6 Å². The molecule has 0 saturated carbocycles. The fourth-order valence-electron chi connectivity index (χ4n) is 0.427. The Kier molecular flexibility index (Phi) is 3.44. The van der Waals surface area contributed by atoms with Crippen LogP contribution in [0.3, 0.4) is 0 Å². The molecule has 0 bridgehead atoms. The van der Waals surface area contributed by atoms with Gasteiger partial charge >= 0.3 is 0 Å². The van der Waals surface area contributed by atoms with E-state index in [1.54, 1.807) is 0 Å². The van der Waals surface area contributed by atoms with Gasteiger partial charge in [-0.15, -0.1) is 0 Å². The van der Waals surface area contributed by atoms with Crippen LogP contribution >= 0.6 is 0 Å². The van der Waals surface area contributed by atoms with Crippen LogP contribution in [0.5, 0.6) is 0 Å². The van der Waals surface area contributed by atoms with Crippen LogP contribution in [0.1, 0.15) is 20.8 Å². The molecule has 0 aromatic heterocycles. The van der Waals surface area contributed by atoms with Crippen LogP contribution in [0, 0.1) is 6.92 Å². The van der Waals surface area contributed by atoms with E-state index in [9.17, 15) is 0 Å². The Morgan fingerprint density at radius 1 is 1.44 bits per heavy atom. The molecule has 0 aromatic rings. The normalized spacial score (nSPS) is 15.7. The molecule has 0 N–H and O–H groups in total. The summed E-state index contributed by atoms with van der Waals surface area (Å²) < 4.78 is 5.43. The quantitative estimate of drug-likeness (QED) is 0.540. The maximum atomic E-state index is 5.43. The highest BCUT2D eigenvalue weighted by Gasteiger charge is 2.21. The SMILES string of the molecule is [CH2]CO[SiH](C)C(C)(C)C. The molecule has 0 saturated heterocycles. The van der Waals surface area contributed by atoms with Crippen molar-refractivity contribution < 1.29 is 4.43 Å². The third-order valence-corrected chi connectivity index (χ3v) is 4.76. The highest BCUT2D eigenvalue weighted by Crippen LogP contribution is 2.26. The Balaban J connectivity index is 3.59. The molecule has 55 valence electrons. The summed E-state index contributed by atoms with van der Waals surface area (Å²) in [6.07, 6.45) is 0. The molecular weight excluding hydrogens is 128 g/mol. The molecule has 0 spiro atoms. The maximum Gasteiger partial charge on any atom is 0.179 e. The fraction of sp³-hybridized carbons (Fsp3) is 0.857. The summed E-state index contributed by atoms with van der Waals surface area (Å²) in [5, 5.41) is 0.387. The summed E-state index contributed by atoms with van der Waals surface area (Å²) in [5.41, 5.74) is 0. The van der Waals surface area contributed by atoms with E-state index in [1.807, 2.05) is 0 Å². The first-order chi connectivity index (χ1) is 3.98. The minimum absolute atomic E-state index is 0.387. The Morgan fingerprint density at radius 2 is 1.89 bits per heavy atom. The smallest absolute Gasteiger partial charge is 0.179 e. The molecule has 0 aromatic carbocycles. The lowest BCUT2D eigenvalue weighted by Gasteiger charge is -2.24. The average Bonchev–Trinajstić information content (AvgIpc) is 1.64. The second-order valence-corrected chi connectivity index (χ2v) is 6.73. The van der Waals surface area contributed by atoms with Crippen molar-refractivity contribution in [2.45, 2.75) is 32.4 Å². The van der Waals surface area contributed by atoms with Crippen LogP contribution in [-0.4, -0.2) is 15.6 Å². The van der Waals surface area contributed by atoms with E-state index in [0.29, 0.717) is 11.6 Å². The average molecular weight is 145 g/mol. The van der Waals surface area contributed by atoms with Crippen LogP contribution in [0.4, 0.5) is 0 Å². The second kappa shape index (κ2) is 3.37. The molecule has 0 aliphatic carbocycles. The highest BCUT2D eigenvalue weighted by atomic mass is 28.3. The molecule has 0 rings (SSSR count). The van der Waals surface area contributed by atoms with E-state index >= 15 is 0 Å². The van der Waals surface area contributed by atoms with Crippen molar-refractivity contribution in [2.75, 3.05) is 6.61 Å². The van der Waals surface area contributed by atoms with Gasteiger partial charge in [-0.25, -0.2) is 0 Å². The topological polar surface area (TPSA) is 9.23 Å². The van der Waals surface area contributed by atoms with E-state index < -0.39 is 9.04 Å². The molecule has 1 radical (unpaired) electrons. The molecule has 0 fully saturated rings. The van der Waals surface area contributed by atoms with Gasteiger partial charge in [0.15, 0.2) is 9.04 Å². The minimum atomic E-state index is -0.953. The van der Waals surface area contributed by atoms with Gasteiger partial charge in [-0.05, 0) is 18.5 Å². The van der Waals surface area contributed by atoms with E-state index in [2.05, 4.69) is 34.2 Å². The Hall–Kier alpha value is 0.177. The second-order valence-electron chi connectivity index (χ2n) is 3.38. The van der Waals surface area contributed by atoms with Crippen molar-refractivity contribution in [3.05, 3.63) is 6.92 Å². The Labute approximate surface area is 60.1 Å². The molecular formula is C7H17OSi. The van der Waals surface area contributed by atoms with Crippen molar-refractivity contribution in [3.8, 4) is 0 Å². The maximum absolute atomic E-state index is 5.43. The van der Waals surface area contributed by atoms with Crippen molar-refractivity contribution in [2.24, 2.45) is 0 Å². The lowest BCUT2D eigenvalue weighted by molar-refractivity contribution is 0.346. The number of rotatable bonds is 2. The van der Waals surface area contributed by atoms with Crippen LogP contribution in [-0.2, 0) is 4.43 Å². The molecule has 0 aliphatic rings. The molecule has 1 unspecified atom stereocenters. The summed E-state index contributed by atoms with van der Waals surface area (Å²) in [4.78, 5) is 0. The van der Waals surface area contributed by atoms with E-state index in [-0.39, 0.29) is 0 Å². The van der Waals surface area contributed by atoms with Crippen molar-refractivity contribution >= 4 is 9.04 Å². The summed E-state index contributed by atoms with van der Waals surface area (Å²) in [6, 6.07) is 0. The summed E-state index contributed by atoms with van der Waals surface area (Å²) in [7, 11) is -0.953. The lowest BCUT2D eigenvalue weighted by Crippen LogP contribution is -2.25. The monoisotopic (exact) mass is 145 g/mol. The van der Waals surface area contributed by atoms with E-state index in [0.717, 1.165) is 0 Å². The predicted molar refractivity (Wildman–Crippen MR) is 44.0 cm³/mol. The lowest BCUT2D eigenvalue weighted by atomic mass is 10.3. The van der Waals surface area contributed by atoms with Crippen LogP contribution in [0.25, 0.3) is 0 Å². The standard InChI is InChI=1S/C7H17OSi/c1-6-8-9(5)7(2,3)4/h9H,1,6H2,2-5H3. The van der Waals surface area contributed by atoms with Gasteiger partial charge in [-0.3, -0.25) is 0 Å². The summed E-state index contributed by atoms with van der Waals surface area (Å²) in [5.74, 6) is 0. The molecule has 1 atom stereocenters. The van der Waals surface area contributed by atoms with Gasteiger partial charge in [0.1, 0.15) is 0 Å². The van der Waals surface area contributed by atoms with E-state index in [1.165, 1.54) is 0 Å². The third-order valence-electron chi connectivity index (χ3n) is 1.59. The third kappa shape index (κ3) is 3.70. The van der Waals surface area contributed by atoms with Gasteiger partial charge in [0.05, 0.1) is 0 Å². The van der Waals surface area contributed by atoms with Crippen molar-refractivity contribution in [3.63, 3.8) is 0 Å². The largest absolute Gasteiger partial charge is 0.420 e. The van der Waals surface area contributed by atoms with Crippen LogP contribution in [0.15, 0.2) is 0 Å². The summed E-state index contributed by atoms with van der Waals surface area (Å²) in [6.45, 7) is 13.2. The van der Waals surface area contributed by atoms with Gasteiger partial charge < -0.3 is 4.43 Å². The Bertz CT molecular complexity index is 75.5. The molecule has 0 heterocycles. The zero-order valence-corrected chi connectivity index (χ0v) is 8.05. The first-order valence-electron chi connectivity index (χ1n) is 3.39. The van der Waals surface area contributed by atoms with Crippen molar-refractivity contribution in [1.29, 1.82) is 0 Å². The summed E-state index contributed by atoms with van der Waals surface area (Å²) >= 11 is 0. The molecule has 9 heavy (non-hydrogen) atoms. The Morgan fingerprint density at radius 3 is 2.00 bits per heavy atom. The molecule has 0 aliphatic heterocycles. The fourth-order valence-corrected chi connectivity index (χ4v) is 1.28. The minimum Gasteiger partial charge on any atom is -0.420 e. The first-order valence-corrected chi connectivity index (χ1v) is 5.59. The van der Waals surface area contributed by atoms with Crippen molar-refractivity contribution in [1.82, 2.24) is 0 Å². The molecule has 1 nitrogen and oxygen atoms in total. The number of hydrogen-bond acceptors (Lipinski definition) is 1. The van der Waals surface area contributed by atoms with Crippen LogP contribution < -0.4 is 0 Å². The van der Waals surface area contributed by atoms with Gasteiger partial charge in [0, 0.05) is 6.61 Å².